The zero-order chi connectivity index (χ0) is 15.2. The summed E-state index contributed by atoms with van der Waals surface area (Å²) >= 11 is 5.85. The average molecular weight is 307 g/mol. The molecule has 2 aromatic rings. The van der Waals surface area contributed by atoms with Crippen molar-refractivity contribution in [1.82, 2.24) is 9.55 Å². The number of nitrogens with two attached hydrogens (primary N) is 1. The number of carbonyl (C=O) groups excluding carboxylic acids is 1. The number of halogens is 1. The molecule has 5 nitrogen and oxygen atoms in total. The highest BCUT2D eigenvalue weighted by Crippen LogP contribution is 2.22. The van der Waals surface area contributed by atoms with Crippen molar-refractivity contribution in [2.45, 2.75) is 32.7 Å². The minimum absolute atomic E-state index is 0.0622. The molecule has 0 saturated carbocycles. The van der Waals surface area contributed by atoms with E-state index in [-0.39, 0.29) is 5.91 Å². The molecular weight excluding hydrogens is 288 g/mol. The number of aryl methyl sites for hydroxylation is 2. The molecule has 2 rings (SSSR count). The van der Waals surface area contributed by atoms with Gasteiger partial charge < -0.3 is 15.6 Å². The quantitative estimate of drug-likeness (QED) is 0.805. The van der Waals surface area contributed by atoms with Crippen molar-refractivity contribution in [3.63, 3.8) is 0 Å². The molecule has 0 radical (unpaired) electrons. The third-order valence-electron chi connectivity index (χ3n) is 3.13. The number of hydrogen-bond acceptors (Lipinski definition) is 3. The molecule has 0 bridgehead atoms. The van der Waals surface area contributed by atoms with Crippen molar-refractivity contribution < 1.29 is 4.79 Å². The maximum atomic E-state index is 12.0. The van der Waals surface area contributed by atoms with Gasteiger partial charge in [-0.05, 0) is 24.6 Å². The Hall–Kier alpha value is -2.01. The number of benzene rings is 1. The first-order chi connectivity index (χ1) is 10.1. The number of hydrogen-bond donors (Lipinski definition) is 2. The molecule has 1 amide bonds. The molecule has 21 heavy (non-hydrogen) atoms. The van der Waals surface area contributed by atoms with Crippen LogP contribution in [0.25, 0.3) is 0 Å². The standard InChI is InChI=1S/C15H19ClN4O/c1-2-3-14-18-7-9-20(14)8-6-15(21)19-11-4-5-12(16)13(17)10-11/h4-5,7,9-10H,2-3,6,8,17H2,1H3,(H,19,21). The van der Waals surface area contributed by atoms with E-state index in [1.165, 1.54) is 0 Å². The number of aromatic nitrogens is 2. The van der Waals surface area contributed by atoms with Crippen molar-refractivity contribution in [1.29, 1.82) is 0 Å². The summed E-state index contributed by atoms with van der Waals surface area (Å²) in [4.78, 5) is 16.2. The summed E-state index contributed by atoms with van der Waals surface area (Å²) in [5.41, 5.74) is 6.81. The first-order valence-electron chi connectivity index (χ1n) is 6.95. The Bertz CT molecular complexity index is 624. The van der Waals surface area contributed by atoms with Gasteiger partial charge >= 0.3 is 0 Å². The Morgan fingerprint density at radius 3 is 3.00 bits per heavy atom. The second-order valence-corrected chi connectivity index (χ2v) is 5.23. The van der Waals surface area contributed by atoms with Crippen LogP contribution in [0.3, 0.4) is 0 Å². The predicted molar refractivity (Wildman–Crippen MR) is 85.3 cm³/mol. The second kappa shape index (κ2) is 7.13. The highest BCUT2D eigenvalue weighted by atomic mass is 35.5. The number of anilines is 2. The van der Waals surface area contributed by atoms with Crippen LogP contribution < -0.4 is 11.1 Å². The lowest BCUT2D eigenvalue weighted by Crippen LogP contribution is -2.15. The zero-order valence-corrected chi connectivity index (χ0v) is 12.7. The summed E-state index contributed by atoms with van der Waals surface area (Å²) in [7, 11) is 0. The Kier molecular flexibility index (Phi) is 5.22. The minimum atomic E-state index is -0.0622. The fraction of sp³-hybridized carbons (Fsp3) is 0.333. The maximum Gasteiger partial charge on any atom is 0.226 e. The molecule has 0 fully saturated rings. The molecule has 0 atom stereocenters. The van der Waals surface area contributed by atoms with E-state index in [2.05, 4.69) is 17.2 Å². The fourth-order valence-electron chi connectivity index (χ4n) is 2.06. The van der Waals surface area contributed by atoms with E-state index in [4.69, 9.17) is 17.3 Å². The molecule has 0 unspecified atom stereocenters. The number of amides is 1. The summed E-state index contributed by atoms with van der Waals surface area (Å²) in [5, 5.41) is 3.29. The van der Waals surface area contributed by atoms with Crippen LogP contribution in [0, 0.1) is 0 Å². The van der Waals surface area contributed by atoms with Crippen molar-refractivity contribution in [2.75, 3.05) is 11.1 Å². The average Bonchev–Trinajstić information content (AvgIpc) is 2.89. The normalized spacial score (nSPS) is 10.6. The number of imidazole rings is 1. The van der Waals surface area contributed by atoms with Gasteiger partial charge in [-0.2, -0.15) is 0 Å². The summed E-state index contributed by atoms with van der Waals surface area (Å²) in [6.07, 6.45) is 6.01. The van der Waals surface area contributed by atoms with Crippen molar-refractivity contribution in [3.05, 3.63) is 41.4 Å². The van der Waals surface area contributed by atoms with Gasteiger partial charge in [0.25, 0.3) is 0 Å². The Labute approximate surface area is 129 Å². The molecule has 1 aromatic heterocycles. The zero-order valence-electron chi connectivity index (χ0n) is 12.0. The maximum absolute atomic E-state index is 12.0. The smallest absolute Gasteiger partial charge is 0.226 e. The van der Waals surface area contributed by atoms with Gasteiger partial charge in [-0.1, -0.05) is 18.5 Å². The third kappa shape index (κ3) is 4.23. The predicted octanol–water partition coefficient (Wildman–Crippen LogP) is 3.10. The monoisotopic (exact) mass is 306 g/mol. The van der Waals surface area contributed by atoms with Gasteiger partial charge in [-0.3, -0.25) is 4.79 Å². The van der Waals surface area contributed by atoms with Crippen molar-refractivity contribution >= 4 is 28.9 Å². The molecule has 0 spiro atoms. The molecule has 6 heteroatoms. The van der Waals surface area contributed by atoms with E-state index in [0.29, 0.717) is 29.4 Å². The number of nitrogen functional groups attached to an aromatic ring is 1. The first kappa shape index (κ1) is 15.4. The molecule has 1 aromatic carbocycles. The van der Waals surface area contributed by atoms with Gasteiger partial charge in [0, 0.05) is 37.5 Å². The Morgan fingerprint density at radius 2 is 2.29 bits per heavy atom. The van der Waals surface area contributed by atoms with E-state index in [9.17, 15) is 4.79 Å². The molecule has 0 aliphatic rings. The number of nitrogens with zero attached hydrogens (tertiary/aromatic N) is 2. The number of nitrogens with one attached hydrogen (secondary N) is 1. The molecular formula is C15H19ClN4O. The van der Waals surface area contributed by atoms with Gasteiger partial charge in [-0.25, -0.2) is 4.98 Å². The lowest BCUT2D eigenvalue weighted by molar-refractivity contribution is -0.116. The topological polar surface area (TPSA) is 72.9 Å². The molecule has 0 saturated heterocycles. The lowest BCUT2D eigenvalue weighted by Gasteiger charge is -2.09. The summed E-state index contributed by atoms with van der Waals surface area (Å²) in [5.74, 6) is 0.953. The minimum Gasteiger partial charge on any atom is -0.397 e. The van der Waals surface area contributed by atoms with E-state index in [1.54, 1.807) is 24.4 Å². The summed E-state index contributed by atoms with van der Waals surface area (Å²) in [6.45, 7) is 2.72. The van der Waals surface area contributed by atoms with Crippen molar-refractivity contribution in [3.8, 4) is 0 Å². The Morgan fingerprint density at radius 1 is 1.48 bits per heavy atom. The van der Waals surface area contributed by atoms with Gasteiger partial charge in [0.2, 0.25) is 5.91 Å². The van der Waals surface area contributed by atoms with E-state index in [1.807, 2.05) is 10.8 Å². The first-order valence-corrected chi connectivity index (χ1v) is 7.33. The second-order valence-electron chi connectivity index (χ2n) is 4.82. The van der Waals surface area contributed by atoms with Crippen LogP contribution in [-0.2, 0) is 17.8 Å². The summed E-state index contributed by atoms with van der Waals surface area (Å²) in [6, 6.07) is 5.05. The highest BCUT2D eigenvalue weighted by Gasteiger charge is 2.07. The fourth-order valence-corrected chi connectivity index (χ4v) is 2.18. The third-order valence-corrected chi connectivity index (χ3v) is 3.48. The molecule has 3 N–H and O–H groups in total. The molecule has 0 aliphatic heterocycles. The summed E-state index contributed by atoms with van der Waals surface area (Å²) < 4.78 is 2.01. The highest BCUT2D eigenvalue weighted by molar-refractivity contribution is 6.33. The van der Waals surface area contributed by atoms with Gasteiger partial charge in [0.05, 0.1) is 10.7 Å². The number of carbonyl (C=O) groups is 1. The van der Waals surface area contributed by atoms with Crippen LogP contribution in [-0.4, -0.2) is 15.5 Å². The van der Waals surface area contributed by atoms with Crippen LogP contribution in [0.1, 0.15) is 25.6 Å². The Balaban J connectivity index is 1.89. The SMILES string of the molecule is CCCc1nccn1CCC(=O)Nc1ccc(Cl)c(N)c1. The van der Waals surface area contributed by atoms with Crippen molar-refractivity contribution in [2.24, 2.45) is 0 Å². The van der Waals surface area contributed by atoms with Crippen LogP contribution in [0.2, 0.25) is 5.02 Å². The van der Waals surface area contributed by atoms with E-state index >= 15 is 0 Å². The molecule has 112 valence electrons. The van der Waals surface area contributed by atoms with Crippen LogP contribution in [0.15, 0.2) is 30.6 Å². The molecule has 0 aliphatic carbocycles. The molecule has 1 heterocycles. The van der Waals surface area contributed by atoms with E-state index in [0.717, 1.165) is 18.7 Å². The van der Waals surface area contributed by atoms with Crippen LogP contribution >= 0.6 is 11.6 Å². The van der Waals surface area contributed by atoms with E-state index < -0.39 is 0 Å². The van der Waals surface area contributed by atoms with Crippen LogP contribution in [0.5, 0.6) is 0 Å². The number of rotatable bonds is 6. The largest absolute Gasteiger partial charge is 0.397 e. The van der Waals surface area contributed by atoms with Crippen LogP contribution in [0.4, 0.5) is 11.4 Å². The lowest BCUT2D eigenvalue weighted by atomic mass is 10.2. The van der Waals surface area contributed by atoms with Gasteiger partial charge in [-0.15, -0.1) is 0 Å². The van der Waals surface area contributed by atoms with Gasteiger partial charge in [0.1, 0.15) is 5.82 Å². The van der Waals surface area contributed by atoms with Gasteiger partial charge in [0.15, 0.2) is 0 Å².